The lowest BCUT2D eigenvalue weighted by atomic mass is 9.91. The Morgan fingerprint density at radius 2 is 1.21 bits per heavy atom. The van der Waals surface area contributed by atoms with E-state index in [1.54, 1.807) is 0 Å². The summed E-state index contributed by atoms with van der Waals surface area (Å²) in [5.74, 6) is 0. The van der Waals surface area contributed by atoms with Crippen molar-refractivity contribution in [2.45, 2.75) is 17.6 Å². The van der Waals surface area contributed by atoms with Crippen molar-refractivity contribution in [3.05, 3.63) is 84.4 Å². The Kier molecular flexibility index (Phi) is 6.40. The van der Waals surface area contributed by atoms with Crippen molar-refractivity contribution in [1.29, 1.82) is 0 Å². The van der Waals surface area contributed by atoms with Crippen LogP contribution in [0.1, 0.15) is 11.1 Å². The molecular weight excluding hydrogens is 316 g/mol. The Hall–Kier alpha value is -0.990. The van der Waals surface area contributed by atoms with E-state index in [1.807, 2.05) is 18.2 Å². The van der Waals surface area contributed by atoms with E-state index in [-0.39, 0.29) is 21.7 Å². The van der Waals surface area contributed by atoms with Crippen LogP contribution in [0.2, 0.25) is 0 Å². The minimum Gasteiger partial charge on any atom is -0.168 e. The zero-order valence-electron chi connectivity index (χ0n) is 10.8. The molecule has 0 radical (unpaired) electrons. The van der Waals surface area contributed by atoms with Gasteiger partial charge in [0.2, 0.25) is 0 Å². The van der Waals surface area contributed by atoms with E-state index in [0.29, 0.717) is 0 Å². The van der Waals surface area contributed by atoms with Gasteiger partial charge in [-0.1, -0.05) is 66.7 Å². The Morgan fingerprint density at radius 1 is 0.842 bits per heavy atom. The van der Waals surface area contributed by atoms with Gasteiger partial charge in [0.1, 0.15) is 0 Å². The largest absolute Gasteiger partial charge is 0.168 e. The minimum atomic E-state index is -0.192. The summed E-state index contributed by atoms with van der Waals surface area (Å²) in [5.41, 5.74) is 2.59. The molecule has 0 spiro atoms. The highest BCUT2D eigenvalue weighted by Crippen LogP contribution is 2.26. The summed E-state index contributed by atoms with van der Waals surface area (Å²) in [7, 11) is 0. The van der Waals surface area contributed by atoms with Gasteiger partial charge in [0.05, 0.1) is 0 Å². The van der Waals surface area contributed by atoms with Crippen LogP contribution < -0.4 is 0 Å². The number of rotatable bonds is 5. The number of hydrogen-bond acceptors (Lipinski definition) is 1. The van der Waals surface area contributed by atoms with Crippen molar-refractivity contribution >= 4 is 29.6 Å². The molecule has 0 aliphatic heterocycles. The van der Waals surface area contributed by atoms with E-state index < -0.39 is 0 Å². The first-order chi connectivity index (χ1) is 8.72. The Bertz CT molecular complexity index is 452. The highest BCUT2D eigenvalue weighted by Gasteiger charge is 2.22. The fourth-order valence-electron chi connectivity index (χ4n) is 2.11. The quantitative estimate of drug-likeness (QED) is 0.583. The molecule has 0 aromatic heterocycles. The smallest absolute Gasteiger partial charge is 0.0386 e. The summed E-state index contributed by atoms with van der Waals surface area (Å²) in [4.78, 5) is 0. The van der Waals surface area contributed by atoms with Gasteiger partial charge >= 0.3 is 0 Å². The zero-order valence-corrected chi connectivity index (χ0v) is 13.4. The van der Waals surface area contributed by atoms with E-state index in [2.05, 4.69) is 55.1 Å². The normalized spacial score (nSPS) is 10.6. The molecule has 0 saturated heterocycles. The molecule has 0 fully saturated rings. The molecule has 2 rings (SSSR count). The number of benzene rings is 2. The molecule has 0 saturated carbocycles. The van der Waals surface area contributed by atoms with Gasteiger partial charge in [-0.25, -0.2) is 0 Å². The van der Waals surface area contributed by atoms with Gasteiger partial charge in [0, 0.05) is 4.75 Å². The fraction of sp³-hybridized carbons (Fsp3) is 0.176. The molecule has 100 valence electrons. The Morgan fingerprint density at radius 3 is 1.53 bits per heavy atom. The number of halogens is 1. The number of hydrogen-bond donors (Lipinski definition) is 1. The van der Waals surface area contributed by atoms with Gasteiger partial charge in [0.25, 0.3) is 0 Å². The van der Waals surface area contributed by atoms with E-state index in [9.17, 15) is 0 Å². The third-order valence-electron chi connectivity index (χ3n) is 3.09. The second-order valence-corrected chi connectivity index (χ2v) is 5.52. The van der Waals surface area contributed by atoms with Crippen molar-refractivity contribution < 1.29 is 0 Å². The lowest BCUT2D eigenvalue weighted by molar-refractivity contribution is 0.707. The zero-order chi connectivity index (χ0) is 12.8. The molecule has 0 bridgehead atoms. The highest BCUT2D eigenvalue weighted by atomic mass is 79.9. The van der Waals surface area contributed by atoms with E-state index in [1.165, 1.54) is 11.1 Å². The standard InChI is InChI=1S/C17H18S.BrH/c1-2-17(18,13-15-9-5-3-6-10-15)14-16-11-7-4-8-12-16;/h2-12,18H,1,13-14H2;1H. The second kappa shape index (κ2) is 7.56. The first-order valence-electron chi connectivity index (χ1n) is 6.16. The molecule has 0 aliphatic carbocycles. The van der Waals surface area contributed by atoms with Crippen LogP contribution in [0.4, 0.5) is 0 Å². The lowest BCUT2D eigenvalue weighted by Gasteiger charge is -2.25. The maximum absolute atomic E-state index is 4.82. The van der Waals surface area contributed by atoms with Crippen LogP contribution in [0.3, 0.4) is 0 Å². The predicted octanol–water partition coefficient (Wildman–Crippen LogP) is 4.90. The Labute approximate surface area is 131 Å². The summed E-state index contributed by atoms with van der Waals surface area (Å²) in [6.07, 6.45) is 3.75. The molecule has 0 atom stereocenters. The topological polar surface area (TPSA) is 0 Å². The monoisotopic (exact) mass is 334 g/mol. The predicted molar refractivity (Wildman–Crippen MR) is 92.5 cm³/mol. The molecule has 2 aromatic carbocycles. The molecule has 0 N–H and O–H groups in total. The van der Waals surface area contributed by atoms with Crippen molar-refractivity contribution in [2.24, 2.45) is 0 Å². The van der Waals surface area contributed by atoms with Gasteiger partial charge in [-0.2, -0.15) is 12.6 Å². The summed E-state index contributed by atoms with van der Waals surface area (Å²) in [6, 6.07) is 20.9. The fourth-order valence-corrected chi connectivity index (χ4v) is 2.47. The van der Waals surface area contributed by atoms with Crippen molar-refractivity contribution in [2.75, 3.05) is 0 Å². The van der Waals surface area contributed by atoms with Crippen LogP contribution >= 0.6 is 29.6 Å². The molecular formula is C17H19BrS. The van der Waals surface area contributed by atoms with Gasteiger partial charge in [-0.05, 0) is 24.0 Å². The average Bonchev–Trinajstić information content (AvgIpc) is 2.41. The van der Waals surface area contributed by atoms with Gasteiger partial charge in [-0.15, -0.1) is 23.6 Å². The molecule has 2 heteroatoms. The average molecular weight is 335 g/mol. The van der Waals surface area contributed by atoms with Gasteiger partial charge in [-0.3, -0.25) is 0 Å². The van der Waals surface area contributed by atoms with Crippen molar-refractivity contribution in [1.82, 2.24) is 0 Å². The molecule has 0 amide bonds. The van der Waals surface area contributed by atoms with Gasteiger partial charge in [0.15, 0.2) is 0 Å². The van der Waals surface area contributed by atoms with E-state index in [0.717, 1.165) is 12.8 Å². The van der Waals surface area contributed by atoms with Crippen LogP contribution in [-0.4, -0.2) is 4.75 Å². The van der Waals surface area contributed by atoms with E-state index in [4.69, 9.17) is 12.6 Å². The summed E-state index contributed by atoms with van der Waals surface area (Å²) >= 11 is 4.82. The highest BCUT2D eigenvalue weighted by molar-refractivity contribution is 8.93. The molecule has 0 nitrogen and oxygen atoms in total. The van der Waals surface area contributed by atoms with Crippen LogP contribution in [0.25, 0.3) is 0 Å². The van der Waals surface area contributed by atoms with Crippen LogP contribution in [-0.2, 0) is 12.8 Å². The first kappa shape index (κ1) is 16.1. The van der Waals surface area contributed by atoms with E-state index >= 15 is 0 Å². The second-order valence-electron chi connectivity index (χ2n) is 4.63. The lowest BCUT2D eigenvalue weighted by Crippen LogP contribution is -2.24. The van der Waals surface area contributed by atoms with Crippen molar-refractivity contribution in [3.8, 4) is 0 Å². The Balaban J connectivity index is 0.00000180. The third kappa shape index (κ3) is 4.88. The minimum absolute atomic E-state index is 0. The maximum atomic E-state index is 4.82. The molecule has 2 aromatic rings. The summed E-state index contributed by atoms with van der Waals surface area (Å²) < 4.78 is -0.192. The van der Waals surface area contributed by atoms with Gasteiger partial charge < -0.3 is 0 Å². The van der Waals surface area contributed by atoms with Crippen LogP contribution in [0.15, 0.2) is 73.3 Å². The maximum Gasteiger partial charge on any atom is 0.0386 e. The summed E-state index contributed by atoms with van der Waals surface area (Å²) in [5, 5.41) is 0. The molecule has 0 aliphatic rings. The molecule has 0 unspecified atom stereocenters. The van der Waals surface area contributed by atoms with Crippen molar-refractivity contribution in [3.63, 3.8) is 0 Å². The molecule has 0 heterocycles. The first-order valence-corrected chi connectivity index (χ1v) is 6.60. The SMILES string of the molecule is Br.C=CC(S)(Cc1ccccc1)Cc1ccccc1. The molecule has 19 heavy (non-hydrogen) atoms. The summed E-state index contributed by atoms with van der Waals surface area (Å²) in [6.45, 7) is 3.95. The number of thiol groups is 1. The van der Waals surface area contributed by atoms with Crippen LogP contribution in [0.5, 0.6) is 0 Å². The third-order valence-corrected chi connectivity index (χ3v) is 3.58. The van der Waals surface area contributed by atoms with Crippen LogP contribution in [0, 0.1) is 0 Å².